The Morgan fingerprint density at radius 3 is 1.58 bits per heavy atom. The second-order valence-corrected chi connectivity index (χ2v) is 14.0. The molecule has 55 heavy (non-hydrogen) atoms. The second kappa shape index (κ2) is 11.8. The predicted octanol–water partition coefficient (Wildman–Crippen LogP) is 13.1. The first kappa shape index (κ1) is 30.7. The number of fused-ring (bicyclic) bond motifs is 9. The molecular formula is C50H29N5. The molecule has 0 atom stereocenters. The van der Waals surface area contributed by atoms with Gasteiger partial charge in [-0.15, -0.1) is 0 Å². The average molecular weight is 700 g/mol. The topological polar surface area (TPSA) is 42.9 Å². The Morgan fingerprint density at radius 1 is 0.418 bits per heavy atom. The van der Waals surface area contributed by atoms with Crippen LogP contribution in [0, 0.1) is 17.9 Å². The van der Waals surface area contributed by atoms with Gasteiger partial charge in [0.2, 0.25) is 0 Å². The van der Waals surface area contributed by atoms with Crippen molar-refractivity contribution in [1.82, 2.24) is 13.7 Å². The van der Waals surface area contributed by atoms with E-state index in [1.165, 1.54) is 10.8 Å². The first-order valence-corrected chi connectivity index (χ1v) is 18.3. The van der Waals surface area contributed by atoms with Crippen LogP contribution in [0.2, 0.25) is 0 Å². The third-order valence-corrected chi connectivity index (χ3v) is 11.1. The van der Waals surface area contributed by atoms with E-state index in [2.05, 4.69) is 170 Å². The number of para-hydroxylation sites is 5. The van der Waals surface area contributed by atoms with E-state index in [4.69, 9.17) is 6.57 Å². The summed E-state index contributed by atoms with van der Waals surface area (Å²) in [5.74, 6) is 0. The van der Waals surface area contributed by atoms with E-state index in [0.29, 0.717) is 11.3 Å². The highest BCUT2D eigenvalue weighted by molar-refractivity contribution is 6.15. The van der Waals surface area contributed by atoms with Crippen LogP contribution in [0.1, 0.15) is 5.56 Å². The van der Waals surface area contributed by atoms with Gasteiger partial charge in [-0.1, -0.05) is 109 Å². The molecule has 3 heterocycles. The fourth-order valence-corrected chi connectivity index (χ4v) is 8.72. The summed E-state index contributed by atoms with van der Waals surface area (Å²) in [6.45, 7) is 7.54. The number of nitriles is 1. The summed E-state index contributed by atoms with van der Waals surface area (Å²) in [7, 11) is 0. The van der Waals surface area contributed by atoms with E-state index < -0.39 is 0 Å². The highest BCUT2D eigenvalue weighted by Gasteiger charge is 2.21. The minimum Gasteiger partial charge on any atom is -0.309 e. The van der Waals surface area contributed by atoms with Crippen molar-refractivity contribution in [3.63, 3.8) is 0 Å². The van der Waals surface area contributed by atoms with Gasteiger partial charge in [0.1, 0.15) is 6.07 Å². The van der Waals surface area contributed by atoms with Crippen LogP contribution in [0.25, 0.3) is 98.5 Å². The lowest BCUT2D eigenvalue weighted by molar-refractivity contribution is 1.12. The lowest BCUT2D eigenvalue weighted by atomic mass is 10.0. The molecule has 8 aromatic carbocycles. The Morgan fingerprint density at radius 2 is 0.945 bits per heavy atom. The Kier molecular flexibility index (Phi) is 6.61. The standard InChI is InChI=1S/C50H29N5/c1-52-35-24-28-48-42(30-35)40-14-5-6-16-44(40)53(48)36-25-21-32(22-26-36)33-23-27-43(34(29-33)31-51)55-47-19-9-4-13-39(47)41-15-10-20-49(50(41)55)54-45-17-7-2-11-37(45)38-12-3-8-18-46(38)54/h2-30H. The van der Waals surface area contributed by atoms with Gasteiger partial charge < -0.3 is 13.7 Å². The summed E-state index contributed by atoms with van der Waals surface area (Å²) in [6, 6.07) is 63.7. The molecule has 0 saturated heterocycles. The second-order valence-electron chi connectivity index (χ2n) is 14.0. The van der Waals surface area contributed by atoms with E-state index in [1.807, 2.05) is 30.3 Å². The molecule has 3 aromatic heterocycles. The zero-order chi connectivity index (χ0) is 36.6. The van der Waals surface area contributed by atoms with Crippen LogP contribution in [0.3, 0.4) is 0 Å². The highest BCUT2D eigenvalue weighted by Crippen LogP contribution is 2.41. The summed E-state index contributed by atoms with van der Waals surface area (Å²) in [5, 5.41) is 17.7. The van der Waals surface area contributed by atoms with Crippen molar-refractivity contribution in [2.75, 3.05) is 0 Å². The Bertz CT molecular complexity index is 3400. The quantitative estimate of drug-likeness (QED) is 0.169. The van der Waals surface area contributed by atoms with Crippen molar-refractivity contribution in [3.8, 4) is 34.3 Å². The van der Waals surface area contributed by atoms with Gasteiger partial charge in [0.25, 0.3) is 0 Å². The van der Waals surface area contributed by atoms with Crippen molar-refractivity contribution in [1.29, 1.82) is 5.26 Å². The monoisotopic (exact) mass is 699 g/mol. The van der Waals surface area contributed by atoms with Crippen LogP contribution >= 0.6 is 0 Å². The zero-order valence-electron chi connectivity index (χ0n) is 29.5. The van der Waals surface area contributed by atoms with Gasteiger partial charge in [0, 0.05) is 32.6 Å². The van der Waals surface area contributed by atoms with Crippen LogP contribution in [-0.2, 0) is 0 Å². The molecule has 0 aliphatic heterocycles. The average Bonchev–Trinajstić information content (AvgIpc) is 3.89. The minimum atomic E-state index is 0.597. The maximum atomic E-state index is 10.8. The van der Waals surface area contributed by atoms with Crippen molar-refractivity contribution in [2.45, 2.75) is 0 Å². The van der Waals surface area contributed by atoms with Gasteiger partial charge in [0.05, 0.1) is 56.6 Å². The SMILES string of the molecule is [C-]#[N+]c1ccc2c(c1)c1ccccc1n2-c1ccc(-c2ccc(-n3c4ccccc4c4cccc(-n5c6ccccc6c6ccccc65)c43)c(C#N)c2)cc1. The number of aromatic nitrogens is 3. The lowest BCUT2D eigenvalue weighted by Crippen LogP contribution is -2.02. The number of hydrogen-bond donors (Lipinski definition) is 0. The van der Waals surface area contributed by atoms with Gasteiger partial charge in [-0.25, -0.2) is 4.85 Å². The summed E-state index contributed by atoms with van der Waals surface area (Å²) in [5.41, 5.74) is 12.7. The van der Waals surface area contributed by atoms with Crippen molar-refractivity contribution >= 4 is 71.1 Å². The van der Waals surface area contributed by atoms with Gasteiger partial charge >= 0.3 is 0 Å². The number of benzene rings is 8. The van der Waals surface area contributed by atoms with Crippen LogP contribution in [0.15, 0.2) is 176 Å². The molecule has 0 spiro atoms. The van der Waals surface area contributed by atoms with E-state index in [-0.39, 0.29) is 0 Å². The Hall–Kier alpha value is -7.86. The molecule has 0 N–H and O–H groups in total. The summed E-state index contributed by atoms with van der Waals surface area (Å²) < 4.78 is 6.89. The van der Waals surface area contributed by atoms with Gasteiger partial charge in [-0.3, -0.25) is 0 Å². The smallest absolute Gasteiger partial charge is 0.188 e. The largest absolute Gasteiger partial charge is 0.309 e. The van der Waals surface area contributed by atoms with E-state index in [1.54, 1.807) is 0 Å². The van der Waals surface area contributed by atoms with Crippen LogP contribution in [0.4, 0.5) is 5.69 Å². The van der Waals surface area contributed by atoms with Crippen LogP contribution < -0.4 is 0 Å². The highest BCUT2D eigenvalue weighted by atomic mass is 15.1. The molecule has 254 valence electrons. The minimum absolute atomic E-state index is 0.597. The van der Waals surface area contributed by atoms with Gasteiger partial charge in [-0.2, -0.15) is 5.26 Å². The Labute approximate surface area is 316 Å². The summed E-state index contributed by atoms with van der Waals surface area (Å²) in [6.07, 6.45) is 0. The van der Waals surface area contributed by atoms with E-state index in [0.717, 1.165) is 82.8 Å². The third kappa shape index (κ3) is 4.45. The van der Waals surface area contributed by atoms with Crippen LogP contribution in [0.5, 0.6) is 0 Å². The fourth-order valence-electron chi connectivity index (χ4n) is 8.72. The molecule has 0 radical (unpaired) electrons. The zero-order valence-corrected chi connectivity index (χ0v) is 29.5. The van der Waals surface area contributed by atoms with Crippen molar-refractivity contribution in [2.24, 2.45) is 0 Å². The molecule has 5 heteroatoms. The summed E-state index contributed by atoms with van der Waals surface area (Å²) in [4.78, 5) is 3.67. The molecule has 0 bridgehead atoms. The molecule has 0 aliphatic rings. The van der Waals surface area contributed by atoms with Crippen molar-refractivity contribution < 1.29 is 0 Å². The lowest BCUT2D eigenvalue weighted by Gasteiger charge is -2.16. The maximum absolute atomic E-state index is 10.8. The van der Waals surface area contributed by atoms with Gasteiger partial charge in [0.15, 0.2) is 5.69 Å². The first-order chi connectivity index (χ1) is 27.2. The number of nitrogens with zero attached hydrogens (tertiary/aromatic N) is 5. The molecule has 5 nitrogen and oxygen atoms in total. The normalized spacial score (nSPS) is 11.6. The molecule has 11 rings (SSSR count). The maximum Gasteiger partial charge on any atom is 0.188 e. The summed E-state index contributed by atoms with van der Waals surface area (Å²) >= 11 is 0. The fraction of sp³-hybridized carbons (Fsp3) is 0. The molecule has 0 saturated carbocycles. The number of hydrogen-bond acceptors (Lipinski definition) is 1. The molecule has 11 aromatic rings. The van der Waals surface area contributed by atoms with E-state index >= 15 is 0 Å². The molecule has 0 fully saturated rings. The van der Waals surface area contributed by atoms with Crippen LogP contribution in [-0.4, -0.2) is 13.7 Å². The Balaban J connectivity index is 1.08. The molecular weight excluding hydrogens is 671 g/mol. The molecule has 0 unspecified atom stereocenters. The predicted molar refractivity (Wildman–Crippen MR) is 226 cm³/mol. The molecule has 0 amide bonds. The number of rotatable bonds is 4. The van der Waals surface area contributed by atoms with Gasteiger partial charge in [-0.05, 0) is 83.2 Å². The first-order valence-electron chi connectivity index (χ1n) is 18.3. The molecule has 0 aliphatic carbocycles. The third-order valence-electron chi connectivity index (χ3n) is 11.1. The van der Waals surface area contributed by atoms with Crippen molar-refractivity contribution in [3.05, 3.63) is 193 Å². The van der Waals surface area contributed by atoms with E-state index in [9.17, 15) is 5.26 Å².